The Kier molecular flexibility index (Phi) is 6.14. The maximum absolute atomic E-state index is 12.2. The molecule has 0 spiro atoms. The van der Waals surface area contributed by atoms with Gasteiger partial charge in [0, 0.05) is 32.5 Å². The largest absolute Gasteiger partial charge is 0.390 e. The Bertz CT molecular complexity index is 377. The predicted molar refractivity (Wildman–Crippen MR) is 67.2 cm³/mol. The SMILES string of the molecule is CCOCCCNc1nc(C)cn1CCC(F)(F)F. The van der Waals surface area contributed by atoms with Crippen molar-refractivity contribution in [1.29, 1.82) is 0 Å². The third kappa shape index (κ3) is 6.47. The van der Waals surface area contributed by atoms with Gasteiger partial charge in [0.05, 0.1) is 12.1 Å². The normalized spacial score (nSPS) is 11.8. The summed E-state index contributed by atoms with van der Waals surface area (Å²) in [4.78, 5) is 4.17. The third-order valence-electron chi connectivity index (χ3n) is 2.49. The summed E-state index contributed by atoms with van der Waals surface area (Å²) < 4.78 is 43.3. The molecule has 1 aromatic rings. The summed E-state index contributed by atoms with van der Waals surface area (Å²) in [6.07, 6.45) is -2.59. The summed E-state index contributed by atoms with van der Waals surface area (Å²) in [5, 5.41) is 3.03. The number of alkyl halides is 3. The highest BCUT2D eigenvalue weighted by molar-refractivity contribution is 5.28. The third-order valence-corrected chi connectivity index (χ3v) is 2.49. The first-order valence-electron chi connectivity index (χ1n) is 6.34. The van der Waals surface area contributed by atoms with Gasteiger partial charge in [-0.3, -0.25) is 0 Å². The van der Waals surface area contributed by atoms with Gasteiger partial charge >= 0.3 is 6.18 Å². The standard InChI is InChI=1S/C12H20F3N3O/c1-3-19-8-4-6-16-11-17-10(2)9-18(11)7-5-12(13,14)15/h9H,3-8H2,1-2H3,(H,16,17). The number of rotatable bonds is 8. The Morgan fingerprint density at radius 1 is 1.42 bits per heavy atom. The molecule has 0 radical (unpaired) electrons. The number of halogens is 3. The van der Waals surface area contributed by atoms with Crippen LogP contribution < -0.4 is 5.32 Å². The minimum atomic E-state index is -4.15. The summed E-state index contributed by atoms with van der Waals surface area (Å²) in [5.74, 6) is 0.484. The molecule has 0 aliphatic rings. The van der Waals surface area contributed by atoms with Crippen molar-refractivity contribution >= 4 is 5.95 Å². The average molecular weight is 279 g/mol. The molecule has 7 heteroatoms. The number of hydrogen-bond acceptors (Lipinski definition) is 3. The van der Waals surface area contributed by atoms with Crippen LogP contribution >= 0.6 is 0 Å². The van der Waals surface area contributed by atoms with E-state index in [1.807, 2.05) is 6.92 Å². The monoisotopic (exact) mass is 279 g/mol. The summed E-state index contributed by atoms with van der Waals surface area (Å²) in [6.45, 7) is 5.49. The molecule has 0 amide bonds. The topological polar surface area (TPSA) is 39.1 Å². The molecule has 0 aromatic carbocycles. The van der Waals surface area contributed by atoms with Crippen LogP contribution in [0.15, 0.2) is 6.20 Å². The minimum Gasteiger partial charge on any atom is -0.382 e. The van der Waals surface area contributed by atoms with E-state index in [4.69, 9.17) is 4.74 Å². The van der Waals surface area contributed by atoms with Crippen molar-refractivity contribution in [3.05, 3.63) is 11.9 Å². The Balaban J connectivity index is 2.44. The second-order valence-electron chi connectivity index (χ2n) is 4.24. The number of anilines is 1. The quantitative estimate of drug-likeness (QED) is 0.744. The van der Waals surface area contributed by atoms with Crippen LogP contribution in [0.3, 0.4) is 0 Å². The molecule has 0 saturated carbocycles. The number of nitrogens with one attached hydrogen (secondary N) is 1. The lowest BCUT2D eigenvalue weighted by molar-refractivity contribution is -0.136. The van der Waals surface area contributed by atoms with Crippen LogP contribution in [0.25, 0.3) is 0 Å². The molecule has 0 unspecified atom stereocenters. The fourth-order valence-corrected chi connectivity index (χ4v) is 1.62. The van der Waals surface area contributed by atoms with Gasteiger partial charge in [0.1, 0.15) is 0 Å². The average Bonchev–Trinajstić information content (AvgIpc) is 2.66. The van der Waals surface area contributed by atoms with Gasteiger partial charge in [-0.1, -0.05) is 0 Å². The molecule has 0 bridgehead atoms. The van der Waals surface area contributed by atoms with Gasteiger partial charge in [0.25, 0.3) is 0 Å². The molecule has 1 aromatic heterocycles. The number of aromatic nitrogens is 2. The lowest BCUT2D eigenvalue weighted by Gasteiger charge is -2.11. The summed E-state index contributed by atoms with van der Waals surface area (Å²) >= 11 is 0. The van der Waals surface area contributed by atoms with Crippen LogP contribution in [0.5, 0.6) is 0 Å². The Labute approximate surface area is 111 Å². The van der Waals surface area contributed by atoms with Crippen LogP contribution in [0, 0.1) is 6.92 Å². The summed E-state index contributed by atoms with van der Waals surface area (Å²) in [6, 6.07) is 0. The second kappa shape index (κ2) is 7.37. The number of ether oxygens (including phenoxy) is 1. The molecule has 0 atom stereocenters. The first-order valence-corrected chi connectivity index (χ1v) is 6.34. The van der Waals surface area contributed by atoms with E-state index in [1.54, 1.807) is 13.1 Å². The molecule has 4 nitrogen and oxygen atoms in total. The van der Waals surface area contributed by atoms with Crippen molar-refractivity contribution < 1.29 is 17.9 Å². The van der Waals surface area contributed by atoms with E-state index in [1.165, 1.54) is 4.57 Å². The Morgan fingerprint density at radius 2 is 2.16 bits per heavy atom. The highest BCUT2D eigenvalue weighted by Gasteiger charge is 2.27. The maximum atomic E-state index is 12.2. The van der Waals surface area contributed by atoms with E-state index in [9.17, 15) is 13.2 Å². The van der Waals surface area contributed by atoms with Crippen LogP contribution in [0.2, 0.25) is 0 Å². The molecule has 19 heavy (non-hydrogen) atoms. The smallest absolute Gasteiger partial charge is 0.382 e. The second-order valence-corrected chi connectivity index (χ2v) is 4.24. The lowest BCUT2D eigenvalue weighted by atomic mass is 10.4. The molecule has 0 aliphatic carbocycles. The first kappa shape index (κ1) is 15.8. The summed E-state index contributed by atoms with van der Waals surface area (Å²) in [5.41, 5.74) is 0.703. The minimum absolute atomic E-state index is 0.113. The van der Waals surface area contributed by atoms with Crippen LogP contribution in [-0.2, 0) is 11.3 Å². The van der Waals surface area contributed by atoms with E-state index < -0.39 is 12.6 Å². The zero-order valence-corrected chi connectivity index (χ0v) is 11.3. The van der Waals surface area contributed by atoms with Crippen molar-refractivity contribution in [2.45, 2.75) is 39.4 Å². The van der Waals surface area contributed by atoms with Crippen LogP contribution in [0.1, 0.15) is 25.5 Å². The molecule has 0 aliphatic heterocycles. The van der Waals surface area contributed by atoms with Gasteiger partial charge in [-0.15, -0.1) is 0 Å². The highest BCUT2D eigenvalue weighted by Crippen LogP contribution is 2.21. The van der Waals surface area contributed by atoms with Gasteiger partial charge < -0.3 is 14.6 Å². The van der Waals surface area contributed by atoms with Gasteiger partial charge in [0.15, 0.2) is 0 Å². The van der Waals surface area contributed by atoms with Crippen LogP contribution in [-0.4, -0.2) is 35.5 Å². The Hall–Kier alpha value is -1.24. The fourth-order valence-electron chi connectivity index (χ4n) is 1.62. The zero-order chi connectivity index (χ0) is 14.3. The molecule has 0 saturated heterocycles. The molecule has 110 valence electrons. The first-order chi connectivity index (χ1) is 8.92. The lowest BCUT2D eigenvalue weighted by Crippen LogP contribution is -2.15. The molecule has 1 N–H and O–H groups in total. The van der Waals surface area contributed by atoms with Gasteiger partial charge in [-0.2, -0.15) is 13.2 Å². The van der Waals surface area contributed by atoms with Gasteiger partial charge in [-0.25, -0.2) is 4.98 Å². The predicted octanol–water partition coefficient (Wildman–Crippen LogP) is 2.98. The van der Waals surface area contributed by atoms with E-state index >= 15 is 0 Å². The number of nitrogens with zero attached hydrogens (tertiary/aromatic N) is 2. The molecule has 1 heterocycles. The number of hydrogen-bond donors (Lipinski definition) is 1. The summed E-state index contributed by atoms with van der Waals surface area (Å²) in [7, 11) is 0. The van der Waals surface area contributed by atoms with Crippen molar-refractivity contribution in [1.82, 2.24) is 9.55 Å². The van der Waals surface area contributed by atoms with Gasteiger partial charge in [-0.05, 0) is 20.3 Å². The highest BCUT2D eigenvalue weighted by atomic mass is 19.4. The van der Waals surface area contributed by atoms with Crippen LogP contribution in [0.4, 0.5) is 19.1 Å². The van der Waals surface area contributed by atoms with Gasteiger partial charge in [0.2, 0.25) is 5.95 Å². The van der Waals surface area contributed by atoms with Crippen molar-refractivity contribution in [3.63, 3.8) is 0 Å². The van der Waals surface area contributed by atoms with Crippen molar-refractivity contribution in [2.24, 2.45) is 0 Å². The van der Waals surface area contributed by atoms with Crippen molar-refractivity contribution in [3.8, 4) is 0 Å². The van der Waals surface area contributed by atoms with E-state index in [0.29, 0.717) is 31.4 Å². The number of imidazole rings is 1. The molecular formula is C12H20F3N3O. The molecular weight excluding hydrogens is 259 g/mol. The molecule has 1 rings (SSSR count). The van der Waals surface area contributed by atoms with Crippen molar-refractivity contribution in [2.75, 3.05) is 25.1 Å². The van der Waals surface area contributed by atoms with E-state index in [0.717, 1.165) is 6.42 Å². The zero-order valence-electron chi connectivity index (χ0n) is 11.3. The Morgan fingerprint density at radius 3 is 2.79 bits per heavy atom. The van der Waals surface area contributed by atoms with E-state index in [-0.39, 0.29) is 6.54 Å². The maximum Gasteiger partial charge on any atom is 0.390 e. The fraction of sp³-hybridized carbons (Fsp3) is 0.750. The van der Waals surface area contributed by atoms with E-state index in [2.05, 4.69) is 10.3 Å². The number of aryl methyl sites for hydroxylation is 2. The molecule has 0 fully saturated rings.